The van der Waals surface area contributed by atoms with Crippen molar-refractivity contribution in [2.24, 2.45) is 5.92 Å². The summed E-state index contributed by atoms with van der Waals surface area (Å²) in [4.78, 5) is 14.7. The van der Waals surface area contributed by atoms with Gasteiger partial charge in [-0.1, -0.05) is 19.1 Å². The van der Waals surface area contributed by atoms with E-state index in [-0.39, 0.29) is 23.7 Å². The molecule has 2 aliphatic rings. The third-order valence-electron chi connectivity index (χ3n) is 4.63. The summed E-state index contributed by atoms with van der Waals surface area (Å²) < 4.78 is 5.67. The van der Waals surface area contributed by atoms with Crippen LogP contribution in [0.1, 0.15) is 38.2 Å². The zero-order valence-corrected chi connectivity index (χ0v) is 12.5. The SMILES string of the molecule is CC[C@@H]1C[C@H](C(=O)N2CCCc3cccc(O)c32)CCO1. The van der Waals surface area contributed by atoms with Gasteiger partial charge in [-0.3, -0.25) is 4.79 Å². The van der Waals surface area contributed by atoms with Gasteiger partial charge >= 0.3 is 0 Å². The highest BCUT2D eigenvalue weighted by Crippen LogP contribution is 2.37. The van der Waals surface area contributed by atoms with Crippen LogP contribution in [0.2, 0.25) is 0 Å². The van der Waals surface area contributed by atoms with Gasteiger partial charge < -0.3 is 14.7 Å². The quantitative estimate of drug-likeness (QED) is 0.910. The van der Waals surface area contributed by atoms with Crippen molar-refractivity contribution in [1.82, 2.24) is 0 Å². The Morgan fingerprint density at radius 1 is 1.48 bits per heavy atom. The molecule has 4 nitrogen and oxygen atoms in total. The zero-order chi connectivity index (χ0) is 14.8. The standard InChI is InChI=1S/C17H23NO3/c1-2-14-11-13(8-10-21-14)17(20)18-9-4-6-12-5-3-7-15(19)16(12)18/h3,5,7,13-14,19H,2,4,6,8-11H2,1H3/t13-,14-/m1/s1. The van der Waals surface area contributed by atoms with E-state index in [1.165, 1.54) is 0 Å². The summed E-state index contributed by atoms with van der Waals surface area (Å²) in [5, 5.41) is 10.2. The molecule has 1 saturated heterocycles. The number of aryl methyl sites for hydroxylation is 1. The number of carbonyl (C=O) groups is 1. The van der Waals surface area contributed by atoms with Crippen LogP contribution >= 0.6 is 0 Å². The lowest BCUT2D eigenvalue weighted by Crippen LogP contribution is -2.42. The number of rotatable bonds is 2. The highest BCUT2D eigenvalue weighted by Gasteiger charge is 2.33. The number of phenolic OH excluding ortho intramolecular Hbond substituents is 1. The van der Waals surface area contributed by atoms with Gasteiger partial charge in [0.25, 0.3) is 0 Å². The molecule has 1 aromatic rings. The van der Waals surface area contributed by atoms with E-state index >= 15 is 0 Å². The third kappa shape index (κ3) is 2.77. The molecule has 1 N–H and O–H groups in total. The van der Waals surface area contributed by atoms with Gasteiger partial charge in [0.05, 0.1) is 11.8 Å². The summed E-state index contributed by atoms with van der Waals surface area (Å²) in [6, 6.07) is 5.53. The van der Waals surface area contributed by atoms with Crippen molar-refractivity contribution in [3.8, 4) is 5.75 Å². The summed E-state index contributed by atoms with van der Waals surface area (Å²) in [6.45, 7) is 3.47. The number of anilines is 1. The minimum absolute atomic E-state index is 0.0225. The Balaban J connectivity index is 1.83. The maximum atomic E-state index is 12.9. The predicted molar refractivity (Wildman–Crippen MR) is 81.5 cm³/mol. The van der Waals surface area contributed by atoms with Gasteiger partial charge in [0, 0.05) is 19.1 Å². The van der Waals surface area contributed by atoms with Crippen LogP contribution < -0.4 is 4.90 Å². The van der Waals surface area contributed by atoms with Gasteiger partial charge in [0.2, 0.25) is 5.91 Å². The monoisotopic (exact) mass is 289 g/mol. The van der Waals surface area contributed by atoms with Crippen molar-refractivity contribution >= 4 is 11.6 Å². The molecule has 0 aliphatic carbocycles. The number of hydrogen-bond acceptors (Lipinski definition) is 3. The summed E-state index contributed by atoms with van der Waals surface area (Å²) in [6.07, 6.45) is 4.62. The van der Waals surface area contributed by atoms with Gasteiger partial charge in [-0.05, 0) is 43.7 Å². The van der Waals surface area contributed by atoms with E-state index in [9.17, 15) is 9.90 Å². The maximum absolute atomic E-state index is 12.9. The fraction of sp³-hybridized carbons (Fsp3) is 0.588. The topological polar surface area (TPSA) is 49.8 Å². The molecule has 21 heavy (non-hydrogen) atoms. The Hall–Kier alpha value is -1.55. The van der Waals surface area contributed by atoms with E-state index in [1.54, 1.807) is 11.0 Å². The molecule has 0 bridgehead atoms. The maximum Gasteiger partial charge on any atom is 0.230 e. The van der Waals surface area contributed by atoms with Crippen LogP contribution in [0.3, 0.4) is 0 Å². The summed E-state index contributed by atoms with van der Waals surface area (Å²) in [5.74, 6) is 0.396. The molecule has 0 unspecified atom stereocenters. The minimum atomic E-state index is 0.0225. The molecule has 0 spiro atoms. The molecule has 1 amide bonds. The van der Waals surface area contributed by atoms with Crippen LogP contribution in [0, 0.1) is 5.92 Å². The van der Waals surface area contributed by atoms with E-state index in [0.717, 1.165) is 43.4 Å². The van der Waals surface area contributed by atoms with Crippen molar-refractivity contribution in [1.29, 1.82) is 0 Å². The van der Waals surface area contributed by atoms with Crippen LogP contribution in [0.15, 0.2) is 18.2 Å². The number of fused-ring (bicyclic) bond motifs is 1. The number of hydrogen-bond donors (Lipinski definition) is 1. The van der Waals surface area contributed by atoms with Crippen LogP contribution in [0.5, 0.6) is 5.75 Å². The van der Waals surface area contributed by atoms with Crippen molar-refractivity contribution < 1.29 is 14.6 Å². The average molecular weight is 289 g/mol. The van der Waals surface area contributed by atoms with Crippen LogP contribution in [0.4, 0.5) is 5.69 Å². The molecular weight excluding hydrogens is 266 g/mol. The molecule has 0 radical (unpaired) electrons. The van der Waals surface area contributed by atoms with Crippen molar-refractivity contribution in [3.63, 3.8) is 0 Å². The molecular formula is C17H23NO3. The van der Waals surface area contributed by atoms with Crippen LogP contribution in [-0.2, 0) is 16.0 Å². The minimum Gasteiger partial charge on any atom is -0.506 e. The highest BCUT2D eigenvalue weighted by atomic mass is 16.5. The lowest BCUT2D eigenvalue weighted by molar-refractivity contribution is -0.127. The Morgan fingerprint density at radius 2 is 2.33 bits per heavy atom. The number of nitrogens with zero attached hydrogens (tertiary/aromatic N) is 1. The number of aromatic hydroxyl groups is 1. The number of ether oxygens (including phenoxy) is 1. The largest absolute Gasteiger partial charge is 0.506 e. The number of phenols is 1. The van der Waals surface area contributed by atoms with E-state index in [2.05, 4.69) is 6.92 Å². The normalized spacial score (nSPS) is 25.5. The van der Waals surface area contributed by atoms with Crippen LogP contribution in [-0.4, -0.2) is 30.3 Å². The van der Waals surface area contributed by atoms with Gasteiger partial charge in [-0.2, -0.15) is 0 Å². The fourth-order valence-electron chi connectivity index (χ4n) is 3.46. The fourth-order valence-corrected chi connectivity index (χ4v) is 3.46. The number of benzene rings is 1. The Kier molecular flexibility index (Phi) is 4.15. The molecule has 114 valence electrons. The lowest BCUT2D eigenvalue weighted by Gasteiger charge is -2.35. The summed E-state index contributed by atoms with van der Waals surface area (Å²) in [7, 11) is 0. The second-order valence-corrected chi connectivity index (χ2v) is 6.00. The van der Waals surface area contributed by atoms with Gasteiger partial charge in [0.15, 0.2) is 0 Å². The first kappa shape index (κ1) is 14.4. The molecule has 0 aromatic heterocycles. The lowest BCUT2D eigenvalue weighted by atomic mass is 9.91. The van der Waals surface area contributed by atoms with E-state index < -0.39 is 0 Å². The molecule has 1 fully saturated rings. The van der Waals surface area contributed by atoms with Gasteiger partial charge in [-0.15, -0.1) is 0 Å². The Bertz CT molecular complexity index is 529. The Morgan fingerprint density at radius 3 is 3.14 bits per heavy atom. The molecule has 2 atom stereocenters. The number of carbonyl (C=O) groups excluding carboxylic acids is 1. The second-order valence-electron chi connectivity index (χ2n) is 6.00. The smallest absolute Gasteiger partial charge is 0.230 e. The van der Waals surface area contributed by atoms with Gasteiger partial charge in [-0.25, -0.2) is 0 Å². The first-order valence-electron chi connectivity index (χ1n) is 7.94. The van der Waals surface area contributed by atoms with Crippen molar-refractivity contribution in [2.45, 2.75) is 45.1 Å². The van der Waals surface area contributed by atoms with Crippen molar-refractivity contribution in [3.05, 3.63) is 23.8 Å². The van der Waals surface area contributed by atoms with Gasteiger partial charge in [0.1, 0.15) is 5.75 Å². The molecule has 1 aromatic carbocycles. The molecule has 3 rings (SSSR count). The van der Waals surface area contributed by atoms with E-state index in [0.29, 0.717) is 13.2 Å². The summed E-state index contributed by atoms with van der Waals surface area (Å²) >= 11 is 0. The molecule has 4 heteroatoms. The molecule has 2 heterocycles. The van der Waals surface area contributed by atoms with Crippen molar-refractivity contribution in [2.75, 3.05) is 18.1 Å². The van der Waals surface area contributed by atoms with E-state index in [1.807, 2.05) is 12.1 Å². The highest BCUT2D eigenvalue weighted by molar-refractivity contribution is 5.97. The molecule has 2 aliphatic heterocycles. The second kappa shape index (κ2) is 6.06. The average Bonchev–Trinajstić information content (AvgIpc) is 2.54. The van der Waals surface area contributed by atoms with Crippen LogP contribution in [0.25, 0.3) is 0 Å². The summed E-state index contributed by atoms with van der Waals surface area (Å²) in [5.41, 5.74) is 1.81. The third-order valence-corrected chi connectivity index (χ3v) is 4.63. The number of para-hydroxylation sites is 1. The number of amides is 1. The Labute approximate surface area is 125 Å². The predicted octanol–water partition coefficient (Wildman–Crippen LogP) is 2.88. The molecule has 0 saturated carbocycles. The first-order chi connectivity index (χ1) is 10.2. The van der Waals surface area contributed by atoms with E-state index in [4.69, 9.17) is 4.74 Å². The zero-order valence-electron chi connectivity index (χ0n) is 12.5. The first-order valence-corrected chi connectivity index (χ1v) is 7.94.